The van der Waals surface area contributed by atoms with E-state index in [-0.39, 0.29) is 5.91 Å². The van der Waals surface area contributed by atoms with Crippen LogP contribution in [-0.4, -0.2) is 24.2 Å². The largest absolute Gasteiger partial charge is 0.441 e. The number of aliphatic imine (C=N–C) groups is 1. The third kappa shape index (κ3) is 4.26. The Balaban J connectivity index is 1.78. The van der Waals surface area contributed by atoms with E-state index in [1.54, 1.807) is 24.3 Å². The molecule has 1 aliphatic rings. The molecule has 1 aromatic heterocycles. The molecule has 0 radical (unpaired) electrons. The summed E-state index contributed by atoms with van der Waals surface area (Å²) in [6.45, 7) is 5.85. The molecule has 3 rings (SSSR count). The Kier molecular flexibility index (Phi) is 5.96. The standard InChI is InChI=1S/C18H17Cl2N3O2S/c1-3-23(4-2)16-8-6-12(25-16)10-15-17(24)22-18(26-15)21-11-5-7-13(19)14(20)9-11/h5-10H,3-4H2,1-2H3,(H,21,22,24). The Morgan fingerprint density at radius 1 is 1.19 bits per heavy atom. The zero-order chi connectivity index (χ0) is 18.7. The highest BCUT2D eigenvalue weighted by atomic mass is 35.5. The lowest BCUT2D eigenvalue weighted by Gasteiger charge is -2.16. The van der Waals surface area contributed by atoms with Crippen LogP contribution >= 0.6 is 35.0 Å². The Morgan fingerprint density at radius 2 is 1.96 bits per heavy atom. The van der Waals surface area contributed by atoms with Crippen LogP contribution in [0.5, 0.6) is 0 Å². The number of thioether (sulfide) groups is 1. The molecule has 1 aromatic carbocycles. The van der Waals surface area contributed by atoms with Gasteiger partial charge in [-0.15, -0.1) is 0 Å². The van der Waals surface area contributed by atoms with Crippen molar-refractivity contribution in [1.29, 1.82) is 0 Å². The number of carbonyl (C=O) groups excluding carboxylic acids is 1. The summed E-state index contributed by atoms with van der Waals surface area (Å²) in [5.41, 5.74) is 0.616. The van der Waals surface area contributed by atoms with Crippen LogP contribution in [0.15, 0.2) is 44.6 Å². The van der Waals surface area contributed by atoms with Gasteiger partial charge in [-0.1, -0.05) is 23.2 Å². The quantitative estimate of drug-likeness (QED) is 0.678. The molecule has 0 spiro atoms. The van der Waals surface area contributed by atoms with Crippen LogP contribution in [0.2, 0.25) is 10.0 Å². The summed E-state index contributed by atoms with van der Waals surface area (Å²) in [6.07, 6.45) is 1.71. The first kappa shape index (κ1) is 18.9. The maximum Gasteiger partial charge on any atom is 0.264 e. The van der Waals surface area contributed by atoms with Crippen molar-refractivity contribution in [2.24, 2.45) is 4.99 Å². The third-order valence-electron chi connectivity index (χ3n) is 3.75. The monoisotopic (exact) mass is 409 g/mol. The number of carbonyl (C=O) groups is 1. The number of hydrogen-bond acceptors (Lipinski definition) is 5. The maximum atomic E-state index is 12.2. The molecule has 2 aromatic rings. The molecule has 0 bridgehead atoms. The van der Waals surface area contributed by atoms with Crippen molar-refractivity contribution in [1.82, 2.24) is 5.32 Å². The molecule has 0 atom stereocenters. The summed E-state index contributed by atoms with van der Waals surface area (Å²) in [5.74, 6) is 1.20. The predicted molar refractivity (Wildman–Crippen MR) is 110 cm³/mol. The number of benzene rings is 1. The van der Waals surface area contributed by atoms with Crippen molar-refractivity contribution in [2.45, 2.75) is 13.8 Å². The van der Waals surface area contributed by atoms with Gasteiger partial charge in [0.2, 0.25) is 0 Å². The fraction of sp³-hybridized carbons (Fsp3) is 0.222. The summed E-state index contributed by atoms with van der Waals surface area (Å²) in [7, 11) is 0. The Labute approximate surface area is 166 Å². The summed E-state index contributed by atoms with van der Waals surface area (Å²) < 4.78 is 5.80. The van der Waals surface area contributed by atoms with Crippen LogP contribution in [0.25, 0.3) is 6.08 Å². The van der Waals surface area contributed by atoms with Crippen LogP contribution in [0.1, 0.15) is 19.6 Å². The Bertz CT molecular complexity index is 888. The molecule has 1 amide bonds. The molecule has 136 valence electrons. The van der Waals surface area contributed by atoms with Crippen LogP contribution in [0, 0.1) is 0 Å². The smallest absolute Gasteiger partial charge is 0.264 e. The lowest BCUT2D eigenvalue weighted by atomic mass is 10.3. The van der Waals surface area contributed by atoms with Gasteiger partial charge in [0.25, 0.3) is 5.91 Å². The zero-order valence-corrected chi connectivity index (χ0v) is 16.6. The van der Waals surface area contributed by atoms with Crippen LogP contribution in [0.4, 0.5) is 11.6 Å². The summed E-state index contributed by atoms with van der Waals surface area (Å²) >= 11 is 13.1. The molecule has 8 heteroatoms. The molecule has 1 fully saturated rings. The minimum atomic E-state index is -0.213. The highest BCUT2D eigenvalue weighted by Crippen LogP contribution is 2.31. The van der Waals surface area contributed by atoms with Gasteiger partial charge in [0, 0.05) is 25.2 Å². The number of nitrogens with zero attached hydrogens (tertiary/aromatic N) is 2. The molecule has 0 aliphatic carbocycles. The fourth-order valence-electron chi connectivity index (χ4n) is 2.41. The van der Waals surface area contributed by atoms with Crippen molar-refractivity contribution in [3.63, 3.8) is 0 Å². The summed E-state index contributed by atoms with van der Waals surface area (Å²) in [4.78, 5) is 19.2. The van der Waals surface area contributed by atoms with E-state index in [4.69, 9.17) is 27.6 Å². The second-order valence-electron chi connectivity index (χ2n) is 5.43. The minimum absolute atomic E-state index is 0.213. The van der Waals surface area contributed by atoms with Gasteiger partial charge in [0.15, 0.2) is 11.1 Å². The van der Waals surface area contributed by atoms with Crippen molar-refractivity contribution < 1.29 is 9.21 Å². The second-order valence-corrected chi connectivity index (χ2v) is 7.27. The maximum absolute atomic E-state index is 12.2. The third-order valence-corrected chi connectivity index (χ3v) is 5.39. The number of halogens is 2. The number of furan rings is 1. The molecule has 0 saturated carbocycles. The van der Waals surface area contributed by atoms with E-state index < -0.39 is 0 Å². The molecular weight excluding hydrogens is 393 g/mol. The molecular formula is C18H17Cl2N3O2S. The van der Waals surface area contributed by atoms with Gasteiger partial charge in [0.1, 0.15) is 5.76 Å². The first-order valence-corrected chi connectivity index (χ1v) is 9.66. The van der Waals surface area contributed by atoms with E-state index in [0.29, 0.717) is 31.6 Å². The molecule has 1 saturated heterocycles. The van der Waals surface area contributed by atoms with Gasteiger partial charge < -0.3 is 14.6 Å². The minimum Gasteiger partial charge on any atom is -0.441 e. The van der Waals surface area contributed by atoms with Crippen molar-refractivity contribution >= 4 is 63.7 Å². The average molecular weight is 410 g/mol. The fourth-order valence-corrected chi connectivity index (χ4v) is 3.52. The number of hydrogen-bond donors (Lipinski definition) is 1. The van der Waals surface area contributed by atoms with Gasteiger partial charge in [-0.05, 0) is 49.9 Å². The second kappa shape index (κ2) is 8.20. The molecule has 1 aliphatic heterocycles. The topological polar surface area (TPSA) is 57.8 Å². The highest BCUT2D eigenvalue weighted by Gasteiger charge is 2.24. The SMILES string of the molecule is CCN(CC)c1ccc(C=C2SC(=Nc3ccc(Cl)c(Cl)c3)NC2=O)o1. The molecule has 26 heavy (non-hydrogen) atoms. The lowest BCUT2D eigenvalue weighted by Crippen LogP contribution is -2.20. The van der Waals surface area contributed by atoms with Gasteiger partial charge in [-0.3, -0.25) is 4.79 Å². The van der Waals surface area contributed by atoms with Crippen molar-refractivity contribution in [3.8, 4) is 0 Å². The first-order valence-electron chi connectivity index (χ1n) is 8.09. The number of anilines is 1. The van der Waals surface area contributed by atoms with E-state index in [1.165, 1.54) is 11.8 Å². The van der Waals surface area contributed by atoms with Crippen LogP contribution in [0.3, 0.4) is 0 Å². The Hall–Kier alpha value is -1.89. The molecule has 5 nitrogen and oxygen atoms in total. The summed E-state index contributed by atoms with van der Waals surface area (Å²) in [6, 6.07) is 8.80. The van der Waals surface area contributed by atoms with E-state index in [2.05, 4.69) is 29.1 Å². The van der Waals surface area contributed by atoms with E-state index in [1.807, 2.05) is 12.1 Å². The van der Waals surface area contributed by atoms with Gasteiger partial charge >= 0.3 is 0 Å². The van der Waals surface area contributed by atoms with Gasteiger partial charge in [-0.2, -0.15) is 0 Å². The van der Waals surface area contributed by atoms with Crippen molar-refractivity contribution in [3.05, 3.63) is 51.0 Å². The number of nitrogens with one attached hydrogen (secondary N) is 1. The molecule has 1 N–H and O–H groups in total. The number of amides is 1. The Morgan fingerprint density at radius 3 is 2.65 bits per heavy atom. The lowest BCUT2D eigenvalue weighted by molar-refractivity contribution is -0.115. The number of amidine groups is 1. The van der Waals surface area contributed by atoms with Gasteiger partial charge in [-0.25, -0.2) is 4.99 Å². The first-order chi connectivity index (χ1) is 12.5. The van der Waals surface area contributed by atoms with E-state index in [0.717, 1.165) is 19.0 Å². The predicted octanol–water partition coefficient (Wildman–Crippen LogP) is 5.32. The number of rotatable bonds is 5. The van der Waals surface area contributed by atoms with E-state index in [9.17, 15) is 4.79 Å². The van der Waals surface area contributed by atoms with Crippen LogP contribution < -0.4 is 10.2 Å². The molecule has 0 unspecified atom stereocenters. The van der Waals surface area contributed by atoms with E-state index >= 15 is 0 Å². The zero-order valence-electron chi connectivity index (χ0n) is 14.3. The summed E-state index contributed by atoms with van der Waals surface area (Å²) in [5, 5.41) is 4.09. The van der Waals surface area contributed by atoms with Crippen molar-refractivity contribution in [2.75, 3.05) is 18.0 Å². The normalized spacial score (nSPS) is 17.2. The average Bonchev–Trinajstić information content (AvgIpc) is 3.20. The molecule has 2 heterocycles. The van der Waals surface area contributed by atoms with Crippen LogP contribution in [-0.2, 0) is 4.79 Å². The van der Waals surface area contributed by atoms with Gasteiger partial charge in [0.05, 0.1) is 20.6 Å². The highest BCUT2D eigenvalue weighted by molar-refractivity contribution is 8.18.